The Hall–Kier alpha value is -3.66. The van der Waals surface area contributed by atoms with E-state index in [1.165, 1.54) is 12.4 Å². The number of rotatable bonds is 4. The Morgan fingerprint density at radius 2 is 1.91 bits per heavy atom. The van der Waals surface area contributed by atoms with Gasteiger partial charge in [0.05, 0.1) is 39.6 Å². The van der Waals surface area contributed by atoms with E-state index in [1.54, 1.807) is 29.8 Å². The second-order valence-electron chi connectivity index (χ2n) is 7.93. The molecule has 0 aliphatic rings. The summed E-state index contributed by atoms with van der Waals surface area (Å²) in [7, 11) is 0. The van der Waals surface area contributed by atoms with Crippen LogP contribution in [-0.2, 0) is 0 Å². The molecule has 0 saturated carbocycles. The number of halogens is 3. The van der Waals surface area contributed by atoms with Crippen LogP contribution in [0.3, 0.4) is 0 Å². The molecule has 0 saturated heterocycles. The smallest absolute Gasteiger partial charge is 0.282 e. The average molecular weight is 470 g/mol. The van der Waals surface area contributed by atoms with Crippen molar-refractivity contribution in [3.63, 3.8) is 0 Å². The molecule has 0 spiro atoms. The molecule has 5 heterocycles. The Labute approximate surface area is 190 Å². The molecule has 0 aromatic carbocycles. The monoisotopic (exact) mass is 469 g/mol. The number of fused-ring (bicyclic) bond motifs is 2. The predicted octanol–water partition coefficient (Wildman–Crippen LogP) is 5.21. The lowest BCUT2D eigenvalue weighted by atomic mass is 10.0. The maximum absolute atomic E-state index is 13.9. The van der Waals surface area contributed by atoms with Gasteiger partial charge < -0.3 is 9.97 Å². The summed E-state index contributed by atoms with van der Waals surface area (Å²) < 4.78 is 29.4. The van der Waals surface area contributed by atoms with Gasteiger partial charge in [-0.05, 0) is 32.9 Å². The lowest BCUT2D eigenvalue weighted by Crippen LogP contribution is -2.10. The van der Waals surface area contributed by atoms with Crippen molar-refractivity contribution in [3.8, 4) is 22.6 Å². The Morgan fingerprint density at radius 3 is 2.64 bits per heavy atom. The molecule has 8 nitrogen and oxygen atoms in total. The average Bonchev–Trinajstić information content (AvgIpc) is 3.33. The van der Waals surface area contributed by atoms with E-state index in [0.717, 1.165) is 0 Å². The summed E-state index contributed by atoms with van der Waals surface area (Å²) in [6, 6.07) is 4.69. The fraction of sp³-hybridized carbons (Fsp3) is 0.227. The molecule has 0 aliphatic carbocycles. The highest BCUT2D eigenvalue weighted by Crippen LogP contribution is 2.37. The van der Waals surface area contributed by atoms with Gasteiger partial charge in [0.2, 0.25) is 0 Å². The summed E-state index contributed by atoms with van der Waals surface area (Å²) in [4.78, 5) is 31.6. The van der Waals surface area contributed by atoms with Crippen molar-refractivity contribution in [2.45, 2.75) is 33.2 Å². The third-order valence-corrected chi connectivity index (χ3v) is 5.68. The number of aromatic amines is 2. The fourth-order valence-electron chi connectivity index (χ4n) is 4.00. The SMILES string of the molecule is Cc1c(-c2nccc3[nH]c(=O)c(-c4nc5cc(Cl)ncc5[nH]4)cc23)c(C(F)F)nn1C(C)C. The van der Waals surface area contributed by atoms with Gasteiger partial charge in [0.15, 0.2) is 0 Å². The van der Waals surface area contributed by atoms with E-state index in [1.807, 2.05) is 13.8 Å². The molecule has 0 amide bonds. The van der Waals surface area contributed by atoms with Crippen LogP contribution < -0.4 is 5.56 Å². The highest BCUT2D eigenvalue weighted by atomic mass is 35.5. The van der Waals surface area contributed by atoms with Gasteiger partial charge in [0.1, 0.15) is 16.7 Å². The molecule has 33 heavy (non-hydrogen) atoms. The van der Waals surface area contributed by atoms with Crippen molar-refractivity contribution in [1.29, 1.82) is 0 Å². The Balaban J connectivity index is 1.78. The number of imidazole rings is 1. The number of aromatic nitrogens is 7. The zero-order valence-corrected chi connectivity index (χ0v) is 18.6. The van der Waals surface area contributed by atoms with E-state index in [0.29, 0.717) is 39.1 Å². The number of hydrogen-bond acceptors (Lipinski definition) is 5. The first-order valence-electron chi connectivity index (χ1n) is 10.2. The van der Waals surface area contributed by atoms with Crippen LogP contribution in [0.5, 0.6) is 0 Å². The molecular formula is C22H18ClF2N7O. The highest BCUT2D eigenvalue weighted by molar-refractivity contribution is 6.29. The van der Waals surface area contributed by atoms with Crippen LogP contribution >= 0.6 is 11.6 Å². The molecule has 0 radical (unpaired) electrons. The van der Waals surface area contributed by atoms with Crippen LogP contribution in [0.4, 0.5) is 8.78 Å². The molecule has 0 fully saturated rings. The van der Waals surface area contributed by atoms with E-state index < -0.39 is 6.43 Å². The first-order valence-corrected chi connectivity index (χ1v) is 10.5. The zero-order valence-electron chi connectivity index (χ0n) is 17.8. The number of nitrogens with zero attached hydrogens (tertiary/aromatic N) is 5. The molecule has 0 aliphatic heterocycles. The molecule has 168 valence electrons. The van der Waals surface area contributed by atoms with Crippen molar-refractivity contribution in [1.82, 2.24) is 34.7 Å². The van der Waals surface area contributed by atoms with Gasteiger partial charge in [-0.15, -0.1) is 0 Å². The first-order chi connectivity index (χ1) is 15.7. The van der Waals surface area contributed by atoms with Gasteiger partial charge in [-0.3, -0.25) is 14.5 Å². The van der Waals surface area contributed by atoms with Crippen molar-refractivity contribution < 1.29 is 8.78 Å². The van der Waals surface area contributed by atoms with Crippen molar-refractivity contribution >= 4 is 33.5 Å². The number of H-pyrrole nitrogens is 2. The van der Waals surface area contributed by atoms with Crippen LogP contribution in [0.2, 0.25) is 5.15 Å². The van der Waals surface area contributed by atoms with Crippen LogP contribution in [0.25, 0.3) is 44.6 Å². The Kier molecular flexibility index (Phi) is 4.97. The molecule has 5 rings (SSSR count). The molecule has 5 aromatic heterocycles. The number of pyridine rings is 3. The molecule has 5 aromatic rings. The number of alkyl halides is 2. The van der Waals surface area contributed by atoms with E-state index in [4.69, 9.17) is 11.6 Å². The predicted molar refractivity (Wildman–Crippen MR) is 122 cm³/mol. The maximum Gasteiger partial charge on any atom is 0.282 e. The summed E-state index contributed by atoms with van der Waals surface area (Å²) in [5, 5.41) is 4.92. The van der Waals surface area contributed by atoms with Crippen LogP contribution in [0.1, 0.15) is 37.7 Å². The van der Waals surface area contributed by atoms with Gasteiger partial charge in [-0.25, -0.2) is 18.7 Å². The van der Waals surface area contributed by atoms with Crippen LogP contribution in [0.15, 0.2) is 35.4 Å². The second-order valence-corrected chi connectivity index (χ2v) is 8.31. The van der Waals surface area contributed by atoms with Gasteiger partial charge in [-0.1, -0.05) is 11.6 Å². The first kappa shape index (κ1) is 21.2. The topological polar surface area (TPSA) is 105 Å². The molecule has 0 atom stereocenters. The summed E-state index contributed by atoms with van der Waals surface area (Å²) in [6.07, 6.45) is 0.212. The maximum atomic E-state index is 13.9. The summed E-state index contributed by atoms with van der Waals surface area (Å²) >= 11 is 5.94. The minimum absolute atomic E-state index is 0.113. The second kappa shape index (κ2) is 7.73. The summed E-state index contributed by atoms with van der Waals surface area (Å²) in [5.74, 6) is 0.302. The molecule has 2 N–H and O–H groups in total. The molecule has 0 unspecified atom stereocenters. The third kappa shape index (κ3) is 3.46. The largest absolute Gasteiger partial charge is 0.337 e. The molecule has 11 heteroatoms. The number of nitrogens with one attached hydrogen (secondary N) is 2. The lowest BCUT2D eigenvalue weighted by Gasteiger charge is -2.10. The minimum Gasteiger partial charge on any atom is -0.337 e. The van der Waals surface area contributed by atoms with E-state index in [2.05, 4.69) is 30.0 Å². The standard InChI is InChI=1S/C22H18ClF2N7O/c1-9(2)32-10(3)17(19(31-32)20(24)25)18-11-6-12(22(33)30-13(11)4-5-26-18)21-28-14-7-16(23)27-8-15(14)29-21/h4-9,20H,1-3H3,(H,28,29)(H,30,33). The van der Waals surface area contributed by atoms with Gasteiger partial charge in [0, 0.05) is 29.4 Å². The van der Waals surface area contributed by atoms with E-state index in [-0.39, 0.29) is 33.6 Å². The van der Waals surface area contributed by atoms with Crippen molar-refractivity contribution in [2.24, 2.45) is 0 Å². The Morgan fingerprint density at radius 1 is 1.12 bits per heavy atom. The third-order valence-electron chi connectivity index (χ3n) is 5.47. The van der Waals surface area contributed by atoms with Crippen molar-refractivity contribution in [3.05, 3.63) is 57.5 Å². The normalized spacial score (nSPS) is 12.0. The van der Waals surface area contributed by atoms with Gasteiger partial charge >= 0.3 is 0 Å². The zero-order chi connectivity index (χ0) is 23.4. The van der Waals surface area contributed by atoms with Gasteiger partial charge in [-0.2, -0.15) is 5.10 Å². The highest BCUT2D eigenvalue weighted by Gasteiger charge is 2.26. The van der Waals surface area contributed by atoms with E-state index >= 15 is 0 Å². The van der Waals surface area contributed by atoms with Crippen LogP contribution in [-0.4, -0.2) is 34.7 Å². The quantitative estimate of drug-likeness (QED) is 0.352. The fourth-order valence-corrected chi connectivity index (χ4v) is 4.16. The minimum atomic E-state index is -2.79. The summed E-state index contributed by atoms with van der Waals surface area (Å²) in [5.41, 5.74) is 2.24. The molecular weight excluding hydrogens is 452 g/mol. The lowest BCUT2D eigenvalue weighted by molar-refractivity contribution is 0.145. The van der Waals surface area contributed by atoms with Crippen molar-refractivity contribution in [2.75, 3.05) is 0 Å². The molecule has 0 bridgehead atoms. The number of hydrogen-bond donors (Lipinski definition) is 2. The van der Waals surface area contributed by atoms with E-state index in [9.17, 15) is 13.6 Å². The van der Waals surface area contributed by atoms with Gasteiger partial charge in [0.25, 0.3) is 12.0 Å². The van der Waals surface area contributed by atoms with Crippen LogP contribution in [0, 0.1) is 6.92 Å². The summed E-state index contributed by atoms with van der Waals surface area (Å²) in [6.45, 7) is 5.47. The Bertz CT molecular complexity index is 1590.